The monoisotopic (exact) mass is 332 g/mol. The van der Waals surface area contributed by atoms with Gasteiger partial charge in [-0.1, -0.05) is 6.07 Å². The minimum absolute atomic E-state index is 0.180. The molecule has 0 spiro atoms. The first-order valence-corrected chi connectivity index (χ1v) is 8.68. The van der Waals surface area contributed by atoms with Gasteiger partial charge in [-0.3, -0.25) is 9.78 Å². The molecule has 0 bridgehead atoms. The third-order valence-electron chi connectivity index (χ3n) is 4.83. The van der Waals surface area contributed by atoms with Crippen molar-refractivity contribution in [3.05, 3.63) is 66.2 Å². The van der Waals surface area contributed by atoms with Crippen molar-refractivity contribution in [1.29, 1.82) is 0 Å². The van der Waals surface area contributed by atoms with Gasteiger partial charge in [0.25, 0.3) is 0 Å². The van der Waals surface area contributed by atoms with Crippen LogP contribution in [-0.4, -0.2) is 38.8 Å². The normalized spacial score (nSPS) is 15.4. The van der Waals surface area contributed by atoms with E-state index in [4.69, 9.17) is 4.98 Å². The number of carbonyl (C=O) groups is 1. The van der Waals surface area contributed by atoms with Gasteiger partial charge >= 0.3 is 0 Å². The van der Waals surface area contributed by atoms with Crippen LogP contribution in [0.5, 0.6) is 0 Å². The Morgan fingerprint density at radius 2 is 1.92 bits per heavy atom. The van der Waals surface area contributed by atoms with E-state index < -0.39 is 0 Å². The number of pyridine rings is 3. The number of hydrogen-bond donors (Lipinski definition) is 0. The van der Waals surface area contributed by atoms with E-state index in [0.717, 1.165) is 48.2 Å². The number of rotatable bonds is 3. The molecule has 0 aliphatic carbocycles. The molecule has 1 saturated heterocycles. The lowest BCUT2D eigenvalue weighted by Crippen LogP contribution is -2.38. The highest BCUT2D eigenvalue weighted by Gasteiger charge is 2.24. The number of fused-ring (bicyclic) bond motifs is 1. The van der Waals surface area contributed by atoms with E-state index in [0.29, 0.717) is 12.3 Å². The summed E-state index contributed by atoms with van der Waals surface area (Å²) >= 11 is 0. The summed E-state index contributed by atoms with van der Waals surface area (Å²) in [6.07, 6.45) is 7.59. The Balaban J connectivity index is 1.39. The van der Waals surface area contributed by atoms with Gasteiger partial charge in [-0.25, -0.2) is 9.97 Å². The summed E-state index contributed by atoms with van der Waals surface area (Å²) in [6.45, 7) is 1.57. The van der Waals surface area contributed by atoms with E-state index in [2.05, 4.69) is 22.1 Å². The highest BCUT2D eigenvalue weighted by Crippen LogP contribution is 2.28. The smallest absolute Gasteiger partial charge is 0.227 e. The van der Waals surface area contributed by atoms with Crippen molar-refractivity contribution in [3.63, 3.8) is 0 Å². The number of likely N-dealkylation sites (tertiary alicyclic amines) is 1. The summed E-state index contributed by atoms with van der Waals surface area (Å²) in [6, 6.07) is 12.0. The standard InChI is InChI=1S/C20H20N4O/c25-19(13-15-3-1-9-21-14-15)24-11-7-16(8-12-24)18-6-5-17-4-2-10-22-20(17)23-18/h1-6,9-10,14,16H,7-8,11-13H2. The molecule has 1 aliphatic rings. The largest absolute Gasteiger partial charge is 0.342 e. The van der Waals surface area contributed by atoms with Crippen LogP contribution in [0.3, 0.4) is 0 Å². The van der Waals surface area contributed by atoms with Crippen LogP contribution in [-0.2, 0) is 11.2 Å². The Kier molecular flexibility index (Phi) is 4.37. The van der Waals surface area contributed by atoms with Crippen LogP contribution in [0.2, 0.25) is 0 Å². The first kappa shape index (κ1) is 15.7. The lowest BCUT2D eigenvalue weighted by atomic mass is 9.92. The molecule has 3 aromatic rings. The summed E-state index contributed by atoms with van der Waals surface area (Å²) in [4.78, 5) is 27.6. The molecule has 4 heterocycles. The van der Waals surface area contributed by atoms with Crippen molar-refractivity contribution < 1.29 is 4.79 Å². The minimum atomic E-state index is 0.180. The quantitative estimate of drug-likeness (QED) is 0.740. The molecule has 1 aliphatic heterocycles. The molecule has 25 heavy (non-hydrogen) atoms. The zero-order chi connectivity index (χ0) is 17.1. The Bertz CT molecular complexity index is 873. The highest BCUT2D eigenvalue weighted by atomic mass is 16.2. The Hall–Kier alpha value is -2.82. The molecule has 4 rings (SSSR count). The van der Waals surface area contributed by atoms with E-state index >= 15 is 0 Å². The van der Waals surface area contributed by atoms with Crippen molar-refractivity contribution in [1.82, 2.24) is 19.9 Å². The molecule has 3 aromatic heterocycles. The topological polar surface area (TPSA) is 59.0 Å². The second-order valence-electron chi connectivity index (χ2n) is 6.48. The summed E-state index contributed by atoms with van der Waals surface area (Å²) in [5, 5.41) is 1.07. The molecule has 0 atom stereocenters. The predicted molar refractivity (Wildman–Crippen MR) is 96.0 cm³/mol. The van der Waals surface area contributed by atoms with Crippen LogP contribution in [0.15, 0.2) is 55.0 Å². The van der Waals surface area contributed by atoms with Crippen LogP contribution in [0.4, 0.5) is 0 Å². The summed E-state index contributed by atoms with van der Waals surface area (Å²) in [5.74, 6) is 0.577. The molecular formula is C20H20N4O. The van der Waals surface area contributed by atoms with Crippen LogP contribution in [0.1, 0.15) is 30.0 Å². The summed E-state index contributed by atoms with van der Waals surface area (Å²) in [7, 11) is 0. The Morgan fingerprint density at radius 3 is 2.72 bits per heavy atom. The maximum atomic E-state index is 12.5. The van der Waals surface area contributed by atoms with Crippen LogP contribution in [0, 0.1) is 0 Å². The van der Waals surface area contributed by atoms with Gasteiger partial charge in [0, 0.05) is 48.7 Å². The van der Waals surface area contributed by atoms with Crippen LogP contribution < -0.4 is 0 Å². The zero-order valence-electron chi connectivity index (χ0n) is 14.0. The molecule has 0 radical (unpaired) electrons. The first-order chi connectivity index (χ1) is 12.3. The zero-order valence-corrected chi connectivity index (χ0v) is 14.0. The molecular weight excluding hydrogens is 312 g/mol. The van der Waals surface area contributed by atoms with Gasteiger partial charge in [0.2, 0.25) is 5.91 Å². The van der Waals surface area contributed by atoms with E-state index in [1.54, 1.807) is 18.6 Å². The molecule has 0 N–H and O–H groups in total. The molecule has 5 heteroatoms. The van der Waals surface area contributed by atoms with Crippen molar-refractivity contribution >= 4 is 16.9 Å². The molecule has 1 amide bonds. The molecule has 1 fully saturated rings. The lowest BCUT2D eigenvalue weighted by Gasteiger charge is -2.32. The summed E-state index contributed by atoms with van der Waals surface area (Å²) < 4.78 is 0. The summed E-state index contributed by atoms with van der Waals surface area (Å²) in [5.41, 5.74) is 2.86. The van der Waals surface area contributed by atoms with Gasteiger partial charge in [-0.15, -0.1) is 0 Å². The van der Waals surface area contributed by atoms with Crippen LogP contribution in [0.25, 0.3) is 11.0 Å². The fourth-order valence-electron chi connectivity index (χ4n) is 3.41. The maximum absolute atomic E-state index is 12.5. The van der Waals surface area contributed by atoms with E-state index in [9.17, 15) is 4.79 Å². The predicted octanol–water partition coefficient (Wildman–Crippen LogP) is 2.97. The third kappa shape index (κ3) is 3.50. The van der Waals surface area contributed by atoms with Crippen molar-refractivity contribution in [2.45, 2.75) is 25.2 Å². The number of amides is 1. The molecule has 0 aromatic carbocycles. The van der Waals surface area contributed by atoms with Crippen molar-refractivity contribution in [3.8, 4) is 0 Å². The van der Waals surface area contributed by atoms with Gasteiger partial charge in [0.05, 0.1) is 6.42 Å². The average molecular weight is 332 g/mol. The Labute approximate surface area is 146 Å². The average Bonchev–Trinajstić information content (AvgIpc) is 2.68. The van der Waals surface area contributed by atoms with Crippen molar-refractivity contribution in [2.75, 3.05) is 13.1 Å². The van der Waals surface area contributed by atoms with E-state index in [1.807, 2.05) is 29.2 Å². The number of aromatic nitrogens is 3. The second-order valence-corrected chi connectivity index (χ2v) is 6.48. The fourth-order valence-corrected chi connectivity index (χ4v) is 3.41. The maximum Gasteiger partial charge on any atom is 0.227 e. The highest BCUT2D eigenvalue weighted by molar-refractivity contribution is 5.78. The SMILES string of the molecule is O=C(Cc1cccnc1)N1CCC(c2ccc3cccnc3n2)CC1. The van der Waals surface area contributed by atoms with Crippen LogP contribution >= 0.6 is 0 Å². The van der Waals surface area contributed by atoms with Gasteiger partial charge in [0.1, 0.15) is 0 Å². The molecule has 5 nitrogen and oxygen atoms in total. The van der Waals surface area contributed by atoms with Gasteiger partial charge in [-0.05, 0) is 48.7 Å². The number of carbonyl (C=O) groups excluding carboxylic acids is 1. The van der Waals surface area contributed by atoms with Gasteiger partial charge in [0.15, 0.2) is 5.65 Å². The lowest BCUT2D eigenvalue weighted by molar-refractivity contribution is -0.131. The van der Waals surface area contributed by atoms with E-state index in [1.165, 1.54) is 0 Å². The van der Waals surface area contributed by atoms with Gasteiger partial charge < -0.3 is 4.90 Å². The molecule has 0 unspecified atom stereocenters. The Morgan fingerprint density at radius 1 is 1.08 bits per heavy atom. The molecule has 0 saturated carbocycles. The second kappa shape index (κ2) is 6.97. The molecule has 126 valence electrons. The number of hydrogen-bond acceptors (Lipinski definition) is 4. The van der Waals surface area contributed by atoms with E-state index in [-0.39, 0.29) is 5.91 Å². The van der Waals surface area contributed by atoms with Crippen molar-refractivity contribution in [2.24, 2.45) is 0 Å². The fraction of sp³-hybridized carbons (Fsp3) is 0.300. The van der Waals surface area contributed by atoms with Gasteiger partial charge in [-0.2, -0.15) is 0 Å². The third-order valence-corrected chi connectivity index (χ3v) is 4.83. The first-order valence-electron chi connectivity index (χ1n) is 8.68. The number of piperidine rings is 1. The number of nitrogens with zero attached hydrogens (tertiary/aromatic N) is 4. The minimum Gasteiger partial charge on any atom is -0.342 e.